The van der Waals surface area contributed by atoms with E-state index in [9.17, 15) is 4.79 Å². The van der Waals surface area contributed by atoms with Gasteiger partial charge in [-0.3, -0.25) is 0 Å². The van der Waals surface area contributed by atoms with Crippen molar-refractivity contribution < 1.29 is 14.3 Å². The van der Waals surface area contributed by atoms with E-state index in [4.69, 9.17) is 9.47 Å². The van der Waals surface area contributed by atoms with E-state index < -0.39 is 5.60 Å². The standard InChI is InChI=1S/C18H34N2O3/c1-18(2,3)23-17(21)20-15-7-5-13(6-8-15)19-14-9-11-16(22-4)12-10-14/h13-16,19H,5-12H2,1-4H3,(H,20,21). The molecule has 2 N–H and O–H groups in total. The minimum Gasteiger partial charge on any atom is -0.444 e. The molecule has 0 spiro atoms. The Morgan fingerprint density at radius 2 is 1.35 bits per heavy atom. The van der Waals surface area contributed by atoms with Gasteiger partial charge in [-0.25, -0.2) is 4.79 Å². The SMILES string of the molecule is COC1CCC(NC2CCC(NC(=O)OC(C)(C)C)CC2)CC1. The molecule has 2 rings (SSSR count). The van der Waals surface area contributed by atoms with E-state index in [-0.39, 0.29) is 12.1 Å². The third-order valence-corrected chi connectivity index (χ3v) is 4.93. The van der Waals surface area contributed by atoms with E-state index in [1.807, 2.05) is 27.9 Å². The van der Waals surface area contributed by atoms with Gasteiger partial charge in [0.15, 0.2) is 0 Å². The van der Waals surface area contributed by atoms with E-state index in [2.05, 4.69) is 10.6 Å². The van der Waals surface area contributed by atoms with E-state index in [0.717, 1.165) is 25.7 Å². The highest BCUT2D eigenvalue weighted by Crippen LogP contribution is 2.24. The number of methoxy groups -OCH3 is 1. The lowest BCUT2D eigenvalue weighted by molar-refractivity contribution is 0.0484. The highest BCUT2D eigenvalue weighted by Gasteiger charge is 2.27. The summed E-state index contributed by atoms with van der Waals surface area (Å²) in [6.45, 7) is 5.68. The Morgan fingerprint density at radius 3 is 1.83 bits per heavy atom. The summed E-state index contributed by atoms with van der Waals surface area (Å²) in [5.41, 5.74) is -0.427. The number of nitrogens with one attached hydrogen (secondary N) is 2. The maximum atomic E-state index is 11.8. The fraction of sp³-hybridized carbons (Fsp3) is 0.944. The first-order valence-corrected chi connectivity index (χ1v) is 9.14. The van der Waals surface area contributed by atoms with Gasteiger partial charge in [-0.2, -0.15) is 0 Å². The molecule has 2 fully saturated rings. The Hall–Kier alpha value is -0.810. The number of hydrogen-bond acceptors (Lipinski definition) is 4. The molecule has 0 saturated heterocycles. The summed E-state index contributed by atoms with van der Waals surface area (Å²) < 4.78 is 10.8. The first kappa shape index (κ1) is 18.5. The largest absolute Gasteiger partial charge is 0.444 e. The van der Waals surface area contributed by atoms with Crippen molar-refractivity contribution in [2.75, 3.05) is 7.11 Å². The second-order valence-corrected chi connectivity index (χ2v) is 8.07. The maximum absolute atomic E-state index is 11.8. The summed E-state index contributed by atoms with van der Waals surface area (Å²) >= 11 is 0. The summed E-state index contributed by atoms with van der Waals surface area (Å²) in [5, 5.41) is 6.82. The third kappa shape index (κ3) is 6.68. The average Bonchev–Trinajstić information content (AvgIpc) is 2.48. The molecule has 0 aromatic heterocycles. The van der Waals surface area contributed by atoms with Crippen LogP contribution >= 0.6 is 0 Å². The molecular formula is C18H34N2O3. The van der Waals surface area contributed by atoms with Crippen LogP contribution in [0.4, 0.5) is 4.79 Å². The molecular weight excluding hydrogens is 292 g/mol. The second-order valence-electron chi connectivity index (χ2n) is 8.07. The van der Waals surface area contributed by atoms with Crippen LogP contribution in [-0.4, -0.2) is 43.0 Å². The predicted molar refractivity (Wildman–Crippen MR) is 91.6 cm³/mol. The molecule has 5 nitrogen and oxygen atoms in total. The summed E-state index contributed by atoms with van der Waals surface area (Å²) in [6, 6.07) is 1.49. The normalized spacial score (nSPS) is 32.3. The predicted octanol–water partition coefficient (Wildman–Crippen LogP) is 3.37. The minimum atomic E-state index is -0.427. The van der Waals surface area contributed by atoms with Crippen LogP contribution < -0.4 is 10.6 Å². The summed E-state index contributed by atoms with van der Waals surface area (Å²) in [5.74, 6) is 0. The van der Waals surface area contributed by atoms with E-state index in [1.165, 1.54) is 25.7 Å². The van der Waals surface area contributed by atoms with Crippen LogP contribution in [0.25, 0.3) is 0 Å². The number of ether oxygens (including phenoxy) is 2. The zero-order valence-electron chi connectivity index (χ0n) is 15.2. The molecule has 5 heteroatoms. The quantitative estimate of drug-likeness (QED) is 0.831. The van der Waals surface area contributed by atoms with E-state index in [0.29, 0.717) is 18.2 Å². The van der Waals surface area contributed by atoms with Gasteiger partial charge in [0, 0.05) is 25.2 Å². The summed E-state index contributed by atoms with van der Waals surface area (Å²) in [4.78, 5) is 11.8. The van der Waals surface area contributed by atoms with Crippen LogP contribution in [0.3, 0.4) is 0 Å². The zero-order valence-corrected chi connectivity index (χ0v) is 15.2. The van der Waals surface area contributed by atoms with Gasteiger partial charge in [-0.15, -0.1) is 0 Å². The van der Waals surface area contributed by atoms with E-state index >= 15 is 0 Å². The van der Waals surface area contributed by atoms with Crippen molar-refractivity contribution in [2.24, 2.45) is 0 Å². The average molecular weight is 326 g/mol. The lowest BCUT2D eigenvalue weighted by Gasteiger charge is -2.35. The molecule has 2 aliphatic rings. The zero-order chi connectivity index (χ0) is 16.9. The molecule has 1 amide bonds. The number of carbonyl (C=O) groups excluding carboxylic acids is 1. The molecule has 0 heterocycles. The molecule has 134 valence electrons. The molecule has 2 saturated carbocycles. The number of amides is 1. The molecule has 0 aromatic rings. The van der Waals surface area contributed by atoms with Gasteiger partial charge in [-0.1, -0.05) is 0 Å². The maximum Gasteiger partial charge on any atom is 0.407 e. The highest BCUT2D eigenvalue weighted by atomic mass is 16.6. The number of hydrogen-bond donors (Lipinski definition) is 2. The van der Waals surface area contributed by atoms with Crippen LogP contribution in [0.1, 0.15) is 72.1 Å². The van der Waals surface area contributed by atoms with Crippen molar-refractivity contribution in [3.63, 3.8) is 0 Å². The molecule has 0 unspecified atom stereocenters. The monoisotopic (exact) mass is 326 g/mol. The van der Waals surface area contributed by atoms with Gasteiger partial charge in [-0.05, 0) is 72.1 Å². The number of rotatable bonds is 4. The topological polar surface area (TPSA) is 59.6 Å². The van der Waals surface area contributed by atoms with Crippen molar-refractivity contribution in [3.8, 4) is 0 Å². The van der Waals surface area contributed by atoms with Crippen molar-refractivity contribution in [3.05, 3.63) is 0 Å². The number of carbonyl (C=O) groups is 1. The third-order valence-electron chi connectivity index (χ3n) is 4.93. The van der Waals surface area contributed by atoms with Gasteiger partial charge in [0.2, 0.25) is 0 Å². The van der Waals surface area contributed by atoms with Gasteiger partial charge >= 0.3 is 6.09 Å². The number of alkyl carbamates (subject to hydrolysis) is 1. The Bertz CT molecular complexity index is 365. The van der Waals surface area contributed by atoms with Crippen LogP contribution in [-0.2, 0) is 9.47 Å². The van der Waals surface area contributed by atoms with Gasteiger partial charge in [0.25, 0.3) is 0 Å². The molecule has 0 aromatic carbocycles. The Morgan fingerprint density at radius 1 is 0.870 bits per heavy atom. The van der Waals surface area contributed by atoms with Crippen LogP contribution in [0.5, 0.6) is 0 Å². The second kappa shape index (κ2) is 8.34. The lowest BCUT2D eigenvalue weighted by atomic mass is 9.88. The lowest BCUT2D eigenvalue weighted by Crippen LogP contribution is -2.47. The Kier molecular flexibility index (Phi) is 6.72. The van der Waals surface area contributed by atoms with Crippen molar-refractivity contribution in [2.45, 2.75) is 102 Å². The summed E-state index contributed by atoms with van der Waals surface area (Å²) in [6.07, 6.45) is 9.27. The Balaban J connectivity index is 1.63. The molecule has 0 aliphatic heterocycles. The first-order chi connectivity index (χ1) is 10.9. The molecule has 0 radical (unpaired) electrons. The van der Waals surface area contributed by atoms with Crippen molar-refractivity contribution in [1.29, 1.82) is 0 Å². The van der Waals surface area contributed by atoms with Crippen molar-refractivity contribution in [1.82, 2.24) is 10.6 Å². The van der Waals surface area contributed by atoms with Gasteiger partial charge < -0.3 is 20.1 Å². The van der Waals surface area contributed by atoms with Gasteiger partial charge in [0.1, 0.15) is 5.60 Å². The molecule has 0 bridgehead atoms. The summed E-state index contributed by atoms with van der Waals surface area (Å²) in [7, 11) is 1.82. The van der Waals surface area contributed by atoms with Crippen LogP contribution in [0, 0.1) is 0 Å². The highest BCUT2D eigenvalue weighted by molar-refractivity contribution is 5.68. The Labute approximate surface area is 140 Å². The van der Waals surface area contributed by atoms with Gasteiger partial charge in [0.05, 0.1) is 6.10 Å². The minimum absolute atomic E-state index is 0.257. The molecule has 0 atom stereocenters. The van der Waals surface area contributed by atoms with Crippen LogP contribution in [0.2, 0.25) is 0 Å². The fourth-order valence-electron chi connectivity index (χ4n) is 3.68. The van der Waals surface area contributed by atoms with Crippen molar-refractivity contribution >= 4 is 6.09 Å². The first-order valence-electron chi connectivity index (χ1n) is 9.14. The smallest absolute Gasteiger partial charge is 0.407 e. The van der Waals surface area contributed by atoms with Crippen LogP contribution in [0.15, 0.2) is 0 Å². The molecule has 2 aliphatic carbocycles. The fourth-order valence-corrected chi connectivity index (χ4v) is 3.68. The molecule has 23 heavy (non-hydrogen) atoms. The van der Waals surface area contributed by atoms with E-state index in [1.54, 1.807) is 0 Å².